The molecule has 1 aliphatic heterocycles. The van der Waals surface area contributed by atoms with E-state index in [1.165, 1.54) is 0 Å². The van der Waals surface area contributed by atoms with Gasteiger partial charge >= 0.3 is 0 Å². The van der Waals surface area contributed by atoms with Crippen LogP contribution in [-0.4, -0.2) is 43.2 Å². The van der Waals surface area contributed by atoms with Gasteiger partial charge in [-0.3, -0.25) is 9.48 Å². The molecule has 1 amide bonds. The second kappa shape index (κ2) is 4.77. The van der Waals surface area contributed by atoms with Crippen molar-refractivity contribution in [2.75, 3.05) is 13.1 Å². The zero-order valence-corrected chi connectivity index (χ0v) is 12.1. The molecular formula is C14H19N5O. The zero-order valence-electron chi connectivity index (χ0n) is 12.1. The third-order valence-corrected chi connectivity index (χ3v) is 3.85. The summed E-state index contributed by atoms with van der Waals surface area (Å²) in [7, 11) is 1.84. The summed E-state index contributed by atoms with van der Waals surface area (Å²) in [5, 5.41) is 4.52. The van der Waals surface area contributed by atoms with Gasteiger partial charge in [0.2, 0.25) is 0 Å². The molecule has 1 atom stereocenters. The minimum Gasteiger partial charge on any atom is -0.334 e. The zero-order chi connectivity index (χ0) is 14.3. The van der Waals surface area contributed by atoms with Gasteiger partial charge < -0.3 is 9.47 Å². The van der Waals surface area contributed by atoms with Gasteiger partial charge in [-0.15, -0.1) is 0 Å². The molecule has 106 valence electrons. The van der Waals surface area contributed by atoms with E-state index in [-0.39, 0.29) is 11.9 Å². The Kier molecular flexibility index (Phi) is 3.08. The lowest BCUT2D eigenvalue weighted by Crippen LogP contribution is -2.31. The predicted octanol–water partition coefficient (Wildman–Crippen LogP) is 1.32. The number of hydrogen-bond donors (Lipinski definition) is 0. The Bertz CT molecular complexity index is 642. The van der Waals surface area contributed by atoms with Gasteiger partial charge in [0.15, 0.2) is 5.82 Å². The monoisotopic (exact) mass is 273 g/mol. The van der Waals surface area contributed by atoms with Crippen LogP contribution in [0.1, 0.15) is 34.5 Å². The van der Waals surface area contributed by atoms with Gasteiger partial charge in [0, 0.05) is 38.2 Å². The standard InChI is InChI=1S/C14H19N5O/c1-10-8-11(2)19(16-10)12-4-6-18(9-12)14(20)13-15-5-7-17(13)3/h5,7-8,12H,4,6,9H2,1-3H3/t12-/m0/s1. The van der Waals surface area contributed by atoms with Crippen molar-refractivity contribution in [3.05, 3.63) is 35.7 Å². The number of nitrogens with zero attached hydrogens (tertiary/aromatic N) is 5. The van der Waals surface area contributed by atoms with Crippen LogP contribution in [0, 0.1) is 13.8 Å². The second-order valence-corrected chi connectivity index (χ2v) is 5.43. The quantitative estimate of drug-likeness (QED) is 0.829. The number of amides is 1. The third-order valence-electron chi connectivity index (χ3n) is 3.85. The van der Waals surface area contributed by atoms with Gasteiger partial charge in [-0.05, 0) is 26.3 Å². The summed E-state index contributed by atoms with van der Waals surface area (Å²) in [4.78, 5) is 18.4. The van der Waals surface area contributed by atoms with Gasteiger partial charge in [0.1, 0.15) is 0 Å². The van der Waals surface area contributed by atoms with E-state index in [2.05, 4.69) is 23.1 Å². The molecule has 0 aliphatic carbocycles. The van der Waals surface area contributed by atoms with Crippen LogP contribution < -0.4 is 0 Å². The van der Waals surface area contributed by atoms with E-state index in [0.717, 1.165) is 24.4 Å². The van der Waals surface area contributed by atoms with E-state index in [0.29, 0.717) is 12.4 Å². The molecule has 0 N–H and O–H groups in total. The van der Waals surface area contributed by atoms with Crippen LogP contribution in [0.25, 0.3) is 0 Å². The van der Waals surface area contributed by atoms with Crippen LogP contribution in [0.2, 0.25) is 0 Å². The Labute approximate surface area is 118 Å². The highest BCUT2D eigenvalue weighted by molar-refractivity contribution is 5.91. The average Bonchev–Trinajstić information content (AvgIpc) is 3.08. The number of likely N-dealkylation sites (tertiary alicyclic amines) is 1. The molecule has 20 heavy (non-hydrogen) atoms. The molecule has 0 saturated carbocycles. The van der Waals surface area contributed by atoms with Crippen molar-refractivity contribution in [2.45, 2.75) is 26.3 Å². The molecule has 2 aromatic rings. The number of carbonyl (C=O) groups is 1. The summed E-state index contributed by atoms with van der Waals surface area (Å²) in [6.07, 6.45) is 4.39. The van der Waals surface area contributed by atoms with Crippen LogP contribution in [0.15, 0.2) is 18.5 Å². The molecule has 0 unspecified atom stereocenters. The van der Waals surface area contributed by atoms with Crippen LogP contribution in [0.5, 0.6) is 0 Å². The Hall–Kier alpha value is -2.11. The fraction of sp³-hybridized carbons (Fsp3) is 0.500. The summed E-state index contributed by atoms with van der Waals surface area (Å²) in [5.41, 5.74) is 2.18. The molecule has 0 bridgehead atoms. The summed E-state index contributed by atoms with van der Waals surface area (Å²) in [6.45, 7) is 5.51. The Morgan fingerprint density at radius 2 is 2.20 bits per heavy atom. The lowest BCUT2D eigenvalue weighted by molar-refractivity contribution is 0.0771. The first-order valence-corrected chi connectivity index (χ1v) is 6.85. The van der Waals surface area contributed by atoms with Crippen LogP contribution in [-0.2, 0) is 7.05 Å². The number of hydrogen-bond acceptors (Lipinski definition) is 3. The van der Waals surface area contributed by atoms with E-state index < -0.39 is 0 Å². The van der Waals surface area contributed by atoms with Crippen LogP contribution >= 0.6 is 0 Å². The normalized spacial score (nSPS) is 18.8. The van der Waals surface area contributed by atoms with E-state index >= 15 is 0 Å². The number of imidazole rings is 1. The minimum absolute atomic E-state index is 0.00142. The number of aromatic nitrogens is 4. The van der Waals surface area contributed by atoms with Gasteiger partial charge in [-0.25, -0.2) is 4.98 Å². The summed E-state index contributed by atoms with van der Waals surface area (Å²) >= 11 is 0. The molecule has 6 heteroatoms. The molecule has 3 rings (SSSR count). The molecule has 0 aromatic carbocycles. The molecule has 0 radical (unpaired) electrons. The highest BCUT2D eigenvalue weighted by Gasteiger charge is 2.30. The third kappa shape index (κ3) is 2.11. The topological polar surface area (TPSA) is 56.0 Å². The van der Waals surface area contributed by atoms with Crippen molar-refractivity contribution in [1.82, 2.24) is 24.2 Å². The lowest BCUT2D eigenvalue weighted by Gasteiger charge is -2.17. The lowest BCUT2D eigenvalue weighted by atomic mass is 10.2. The maximum Gasteiger partial charge on any atom is 0.289 e. The molecule has 6 nitrogen and oxygen atoms in total. The van der Waals surface area contributed by atoms with Gasteiger partial charge in [-0.2, -0.15) is 5.10 Å². The Morgan fingerprint density at radius 1 is 1.40 bits per heavy atom. The molecule has 1 fully saturated rings. The fourth-order valence-corrected chi connectivity index (χ4v) is 2.85. The summed E-state index contributed by atoms with van der Waals surface area (Å²) in [5.74, 6) is 0.501. The first-order chi connectivity index (χ1) is 9.56. The predicted molar refractivity (Wildman–Crippen MR) is 74.5 cm³/mol. The number of rotatable bonds is 2. The van der Waals surface area contributed by atoms with E-state index in [1.54, 1.807) is 17.0 Å². The highest BCUT2D eigenvalue weighted by atomic mass is 16.2. The van der Waals surface area contributed by atoms with Gasteiger partial charge in [-0.1, -0.05) is 0 Å². The van der Waals surface area contributed by atoms with Gasteiger partial charge in [0.25, 0.3) is 5.91 Å². The first-order valence-electron chi connectivity index (χ1n) is 6.85. The molecule has 3 heterocycles. The first kappa shape index (κ1) is 12.9. The maximum atomic E-state index is 12.4. The molecule has 1 aliphatic rings. The van der Waals surface area contributed by atoms with Crippen molar-refractivity contribution in [3.8, 4) is 0 Å². The fourth-order valence-electron chi connectivity index (χ4n) is 2.85. The van der Waals surface area contributed by atoms with E-state index in [1.807, 2.05) is 23.6 Å². The maximum absolute atomic E-state index is 12.4. The van der Waals surface area contributed by atoms with E-state index in [9.17, 15) is 4.79 Å². The second-order valence-electron chi connectivity index (χ2n) is 5.43. The van der Waals surface area contributed by atoms with Crippen molar-refractivity contribution < 1.29 is 4.79 Å². The highest BCUT2D eigenvalue weighted by Crippen LogP contribution is 2.24. The van der Waals surface area contributed by atoms with E-state index in [4.69, 9.17) is 0 Å². The molecule has 2 aromatic heterocycles. The molecule has 0 spiro atoms. The van der Waals surface area contributed by atoms with Crippen LogP contribution in [0.4, 0.5) is 0 Å². The smallest absolute Gasteiger partial charge is 0.289 e. The van der Waals surface area contributed by atoms with Crippen molar-refractivity contribution in [1.29, 1.82) is 0 Å². The molecule has 1 saturated heterocycles. The number of carbonyl (C=O) groups excluding carboxylic acids is 1. The summed E-state index contributed by atoms with van der Waals surface area (Å²) in [6, 6.07) is 2.34. The van der Waals surface area contributed by atoms with Crippen molar-refractivity contribution >= 4 is 5.91 Å². The largest absolute Gasteiger partial charge is 0.334 e. The Morgan fingerprint density at radius 3 is 2.80 bits per heavy atom. The molecular weight excluding hydrogens is 254 g/mol. The minimum atomic E-state index is 0.00142. The summed E-state index contributed by atoms with van der Waals surface area (Å²) < 4.78 is 3.81. The average molecular weight is 273 g/mol. The van der Waals surface area contributed by atoms with Crippen LogP contribution in [0.3, 0.4) is 0 Å². The number of aryl methyl sites for hydroxylation is 3. The SMILES string of the molecule is Cc1cc(C)n([C@H]2CCN(C(=O)c3nccn3C)C2)n1. The van der Waals surface area contributed by atoms with Gasteiger partial charge in [0.05, 0.1) is 11.7 Å². The van der Waals surface area contributed by atoms with Crippen molar-refractivity contribution in [3.63, 3.8) is 0 Å². The Balaban J connectivity index is 1.76. The van der Waals surface area contributed by atoms with Crippen molar-refractivity contribution in [2.24, 2.45) is 7.05 Å².